The second-order valence-electron chi connectivity index (χ2n) is 6.53. The maximum Gasteiger partial charge on any atom is 0.262 e. The Morgan fingerprint density at radius 1 is 1.12 bits per heavy atom. The van der Waals surface area contributed by atoms with Crippen LogP contribution in [0.3, 0.4) is 0 Å². The Morgan fingerprint density at radius 3 is 2.62 bits per heavy atom. The van der Waals surface area contributed by atoms with Gasteiger partial charge in [0.05, 0.1) is 16.1 Å². The van der Waals surface area contributed by atoms with Gasteiger partial charge in [-0.25, -0.2) is 8.42 Å². The lowest BCUT2D eigenvalue weighted by molar-refractivity contribution is 0.0827. The number of sulfonamides is 1. The number of aromatic nitrogens is 1. The van der Waals surface area contributed by atoms with Crippen LogP contribution in [-0.2, 0) is 10.0 Å². The second-order valence-corrected chi connectivity index (χ2v) is 8.18. The molecule has 1 aliphatic rings. The van der Waals surface area contributed by atoms with Crippen molar-refractivity contribution in [3.05, 3.63) is 53.7 Å². The number of rotatable bonds is 1. The van der Waals surface area contributed by atoms with E-state index in [0.717, 1.165) is 16.5 Å². The number of hydrogen-bond donors (Lipinski definition) is 1. The van der Waals surface area contributed by atoms with Crippen molar-refractivity contribution in [2.75, 3.05) is 18.8 Å². The summed E-state index contributed by atoms with van der Waals surface area (Å²) < 4.78 is 28.1. The molecule has 0 atom stereocenters. The maximum absolute atomic E-state index is 12.7. The summed E-state index contributed by atoms with van der Waals surface area (Å²) in [7, 11) is -0.413. The molecule has 6 nitrogen and oxygen atoms in total. The van der Waals surface area contributed by atoms with Crippen LogP contribution in [0.4, 0.5) is 5.69 Å². The summed E-state index contributed by atoms with van der Waals surface area (Å²) in [6.07, 6.45) is 1.64. The zero-order chi connectivity index (χ0) is 18.6. The molecular weight excluding hydrogens is 350 g/mol. The molecule has 0 saturated heterocycles. The Morgan fingerprint density at radius 2 is 1.88 bits per heavy atom. The normalized spacial score (nSPS) is 14.3. The van der Waals surface area contributed by atoms with Gasteiger partial charge in [-0.15, -0.1) is 0 Å². The Balaban J connectivity index is 2.08. The molecule has 3 aromatic rings. The fraction of sp³-hybridized carbons (Fsp3) is 0.158. The highest BCUT2D eigenvalue weighted by Crippen LogP contribution is 2.43. The minimum atomic E-state index is -3.74. The van der Waals surface area contributed by atoms with Gasteiger partial charge in [-0.05, 0) is 42.8 Å². The highest BCUT2D eigenvalue weighted by Gasteiger charge is 2.30. The number of benzene rings is 2. The maximum atomic E-state index is 12.7. The lowest BCUT2D eigenvalue weighted by atomic mass is 9.96. The van der Waals surface area contributed by atoms with Gasteiger partial charge in [0.1, 0.15) is 0 Å². The zero-order valence-electron chi connectivity index (χ0n) is 14.6. The molecule has 2 heterocycles. The van der Waals surface area contributed by atoms with E-state index in [9.17, 15) is 13.2 Å². The summed E-state index contributed by atoms with van der Waals surface area (Å²) in [5, 5.41) is 0.887. The Kier molecular flexibility index (Phi) is 3.52. The molecule has 1 aromatic heterocycles. The highest BCUT2D eigenvalue weighted by molar-refractivity contribution is 7.93. The molecule has 0 bridgehead atoms. The molecule has 0 spiro atoms. The molecule has 1 aliphatic heterocycles. The van der Waals surface area contributed by atoms with Crippen molar-refractivity contribution in [1.82, 2.24) is 9.88 Å². The predicted molar refractivity (Wildman–Crippen MR) is 101 cm³/mol. The third-order valence-electron chi connectivity index (χ3n) is 4.55. The van der Waals surface area contributed by atoms with Gasteiger partial charge < -0.3 is 4.90 Å². The van der Waals surface area contributed by atoms with E-state index >= 15 is 0 Å². The molecule has 2 aromatic carbocycles. The molecule has 4 rings (SSSR count). The summed E-state index contributed by atoms with van der Waals surface area (Å²) in [4.78, 5) is 18.3. The minimum Gasteiger partial charge on any atom is -0.345 e. The number of anilines is 1. The van der Waals surface area contributed by atoms with Crippen LogP contribution in [0.5, 0.6) is 0 Å². The number of aryl methyl sites for hydroxylation is 1. The zero-order valence-corrected chi connectivity index (χ0v) is 15.4. The quantitative estimate of drug-likeness (QED) is 0.717. The Labute approximate surface area is 151 Å². The summed E-state index contributed by atoms with van der Waals surface area (Å²) >= 11 is 0. The molecule has 1 N–H and O–H groups in total. The van der Waals surface area contributed by atoms with Gasteiger partial charge in [-0.3, -0.25) is 14.5 Å². The van der Waals surface area contributed by atoms with E-state index in [1.807, 2.05) is 25.1 Å². The summed E-state index contributed by atoms with van der Waals surface area (Å²) in [5.41, 5.74) is 3.72. The van der Waals surface area contributed by atoms with Crippen LogP contribution in [0.2, 0.25) is 0 Å². The Hall–Kier alpha value is -2.93. The number of hydrogen-bond acceptors (Lipinski definition) is 4. The number of pyridine rings is 1. The summed E-state index contributed by atoms with van der Waals surface area (Å²) in [5.74, 6) is -0.180. The first kappa shape index (κ1) is 16.5. The van der Waals surface area contributed by atoms with E-state index in [1.54, 1.807) is 26.4 Å². The van der Waals surface area contributed by atoms with Crippen LogP contribution in [-0.4, -0.2) is 38.3 Å². The van der Waals surface area contributed by atoms with Crippen molar-refractivity contribution in [2.45, 2.75) is 11.8 Å². The fourth-order valence-electron chi connectivity index (χ4n) is 3.29. The van der Waals surface area contributed by atoms with Crippen molar-refractivity contribution in [2.24, 2.45) is 0 Å². The monoisotopic (exact) mass is 367 g/mol. The molecule has 0 aliphatic carbocycles. The molecule has 26 heavy (non-hydrogen) atoms. The van der Waals surface area contributed by atoms with E-state index in [-0.39, 0.29) is 10.8 Å². The van der Waals surface area contributed by atoms with Gasteiger partial charge in [0, 0.05) is 42.4 Å². The summed E-state index contributed by atoms with van der Waals surface area (Å²) in [6.45, 7) is 1.96. The van der Waals surface area contributed by atoms with Gasteiger partial charge in [-0.2, -0.15) is 0 Å². The first-order valence-electron chi connectivity index (χ1n) is 8.07. The van der Waals surface area contributed by atoms with Crippen LogP contribution >= 0.6 is 0 Å². The van der Waals surface area contributed by atoms with E-state index in [2.05, 4.69) is 9.71 Å². The number of nitrogens with zero attached hydrogens (tertiary/aromatic N) is 2. The number of carbonyl (C=O) groups is 1. The smallest absolute Gasteiger partial charge is 0.262 e. The third kappa shape index (κ3) is 2.35. The van der Waals surface area contributed by atoms with Gasteiger partial charge in [0.2, 0.25) is 0 Å². The van der Waals surface area contributed by atoms with E-state index in [0.29, 0.717) is 22.3 Å². The average Bonchev–Trinajstić information content (AvgIpc) is 2.62. The standard InChI is InChI=1S/C19H17N3O3S/c1-11-9-15-14-10-12(19(23)22(2)3)6-7-16(14)26(24,25)21-18(15)17-13(11)5-4-8-20-17/h4-10,21H,1-3H3. The van der Waals surface area contributed by atoms with Gasteiger partial charge in [0.25, 0.3) is 15.9 Å². The molecular formula is C19H17N3O3S. The van der Waals surface area contributed by atoms with Gasteiger partial charge in [0.15, 0.2) is 0 Å². The van der Waals surface area contributed by atoms with Crippen molar-refractivity contribution >= 4 is 32.5 Å². The van der Waals surface area contributed by atoms with Crippen LogP contribution in [0, 0.1) is 6.92 Å². The van der Waals surface area contributed by atoms with Gasteiger partial charge in [-0.1, -0.05) is 6.07 Å². The molecule has 0 saturated carbocycles. The second kappa shape index (κ2) is 5.54. The van der Waals surface area contributed by atoms with Crippen LogP contribution in [0.1, 0.15) is 15.9 Å². The molecule has 0 radical (unpaired) electrons. The fourth-order valence-corrected chi connectivity index (χ4v) is 4.58. The number of fused-ring (bicyclic) bond motifs is 5. The third-order valence-corrected chi connectivity index (χ3v) is 5.96. The lowest BCUT2D eigenvalue weighted by Crippen LogP contribution is -2.23. The number of nitrogens with one attached hydrogen (secondary N) is 1. The molecule has 7 heteroatoms. The molecule has 1 amide bonds. The van der Waals surface area contributed by atoms with Crippen molar-refractivity contribution < 1.29 is 13.2 Å². The molecule has 0 fully saturated rings. The Bertz CT molecular complexity index is 1180. The summed E-state index contributed by atoms with van der Waals surface area (Å²) in [6, 6.07) is 10.3. The first-order chi connectivity index (χ1) is 12.3. The SMILES string of the molecule is Cc1cc2c(c3ncccc13)NS(=O)(=O)c1ccc(C(=O)N(C)C)cc1-2. The largest absolute Gasteiger partial charge is 0.345 e. The van der Waals surface area contributed by atoms with Crippen molar-refractivity contribution in [3.8, 4) is 11.1 Å². The topological polar surface area (TPSA) is 79.4 Å². The number of carbonyl (C=O) groups excluding carboxylic acids is 1. The van der Waals surface area contributed by atoms with Crippen LogP contribution in [0.25, 0.3) is 22.0 Å². The first-order valence-corrected chi connectivity index (χ1v) is 9.55. The average molecular weight is 367 g/mol. The van der Waals surface area contributed by atoms with Crippen LogP contribution in [0.15, 0.2) is 47.5 Å². The van der Waals surface area contributed by atoms with E-state index < -0.39 is 10.0 Å². The molecule has 132 valence electrons. The lowest BCUT2D eigenvalue weighted by Gasteiger charge is -2.24. The molecule has 0 unspecified atom stereocenters. The van der Waals surface area contributed by atoms with E-state index in [4.69, 9.17) is 0 Å². The predicted octanol–water partition coefficient (Wildman–Crippen LogP) is 3.03. The van der Waals surface area contributed by atoms with E-state index in [1.165, 1.54) is 17.0 Å². The number of amides is 1. The minimum absolute atomic E-state index is 0.162. The van der Waals surface area contributed by atoms with Gasteiger partial charge >= 0.3 is 0 Å². The van der Waals surface area contributed by atoms with Crippen molar-refractivity contribution in [3.63, 3.8) is 0 Å². The van der Waals surface area contributed by atoms with Crippen molar-refractivity contribution in [1.29, 1.82) is 0 Å². The van der Waals surface area contributed by atoms with Crippen LogP contribution < -0.4 is 4.72 Å². The highest BCUT2D eigenvalue weighted by atomic mass is 32.2.